The lowest BCUT2D eigenvalue weighted by Crippen LogP contribution is -3.00. The Bertz CT molecular complexity index is 2030. The van der Waals surface area contributed by atoms with E-state index in [0.717, 1.165) is 17.4 Å². The second kappa shape index (κ2) is 16.9. The molecule has 0 atom stereocenters. The van der Waals surface area contributed by atoms with E-state index in [9.17, 15) is 14.4 Å². The quantitative estimate of drug-likeness (QED) is 0.0595. The Morgan fingerprint density at radius 2 is 1.29 bits per heavy atom. The molecule has 260 valence electrons. The molecule has 0 radical (unpaired) electrons. The van der Waals surface area contributed by atoms with Gasteiger partial charge >= 0.3 is 5.97 Å². The zero-order chi connectivity index (χ0) is 35.1. The Labute approximate surface area is 315 Å². The zero-order valence-electron chi connectivity index (χ0n) is 28.5. The third-order valence-electron chi connectivity index (χ3n) is 8.94. The van der Waals surface area contributed by atoms with E-state index in [2.05, 4.69) is 72.8 Å². The summed E-state index contributed by atoms with van der Waals surface area (Å²) in [6.07, 6.45) is 2.38. The monoisotopic (exact) mass is 811 g/mol. The van der Waals surface area contributed by atoms with Gasteiger partial charge in [-0.2, -0.15) is 5.10 Å². The molecule has 0 aliphatic rings. The number of aromatic nitrogens is 2. The number of fused-ring (bicyclic) bond motifs is 1. The van der Waals surface area contributed by atoms with Crippen molar-refractivity contribution in [2.45, 2.75) is 26.2 Å². The summed E-state index contributed by atoms with van der Waals surface area (Å²) >= 11 is 0. The molecule has 0 fully saturated rings. The van der Waals surface area contributed by atoms with Gasteiger partial charge in [0.15, 0.2) is 6.61 Å². The highest BCUT2D eigenvalue weighted by Gasteiger charge is 2.45. The number of rotatable bonds is 14. The molecule has 2 aromatic heterocycles. The Morgan fingerprint density at radius 1 is 0.784 bits per heavy atom. The summed E-state index contributed by atoms with van der Waals surface area (Å²) in [6, 6.07) is 43.4. The van der Waals surface area contributed by atoms with Crippen molar-refractivity contribution in [3.05, 3.63) is 155 Å². The minimum absolute atomic E-state index is 0. The first kappa shape index (κ1) is 37.4. The molecule has 0 spiro atoms. The number of carbonyl (C=O) groups excluding carboxylic acids is 3. The number of methoxy groups -OCH3 is 1. The number of ketones is 1. The molecule has 4 aromatic carbocycles. The van der Waals surface area contributed by atoms with Crippen molar-refractivity contribution in [1.82, 2.24) is 9.61 Å². The fourth-order valence-corrected chi connectivity index (χ4v) is 11.1. The van der Waals surface area contributed by atoms with Crippen LogP contribution in [0.3, 0.4) is 0 Å². The summed E-state index contributed by atoms with van der Waals surface area (Å²) in [7, 11) is -0.907. The second-order valence-corrected chi connectivity index (χ2v) is 15.7. The molecule has 0 unspecified atom stereocenters. The van der Waals surface area contributed by atoms with Crippen molar-refractivity contribution in [3.8, 4) is 5.75 Å². The zero-order valence-corrected chi connectivity index (χ0v) is 31.6. The van der Waals surface area contributed by atoms with Gasteiger partial charge in [-0.25, -0.2) is 9.31 Å². The molecule has 1 amide bonds. The van der Waals surface area contributed by atoms with Crippen molar-refractivity contribution >= 4 is 46.4 Å². The molecule has 0 aliphatic heterocycles. The Balaban J connectivity index is 0.00000504. The summed E-state index contributed by atoms with van der Waals surface area (Å²) in [6.45, 7) is 1.43. The van der Waals surface area contributed by atoms with Crippen molar-refractivity contribution < 1.29 is 47.8 Å². The number of carbonyl (C=O) groups is 3. The highest BCUT2D eigenvalue weighted by Crippen LogP contribution is 2.56. The average Bonchev–Trinajstić information content (AvgIpc) is 3.45. The Hall–Kier alpha value is -4.86. The number of primary amides is 1. The van der Waals surface area contributed by atoms with E-state index in [1.807, 2.05) is 55.5 Å². The lowest BCUT2D eigenvalue weighted by molar-refractivity contribution is -0.142. The van der Waals surface area contributed by atoms with Crippen LogP contribution in [0.2, 0.25) is 0 Å². The fraction of sp³-hybridized carbons (Fsp3) is 0.171. The topological polar surface area (TPSA) is 113 Å². The Morgan fingerprint density at radius 3 is 1.78 bits per heavy atom. The van der Waals surface area contributed by atoms with Gasteiger partial charge in [0.25, 0.3) is 11.7 Å². The average molecular weight is 812 g/mol. The molecular weight excluding hydrogens is 772 g/mol. The normalized spacial score (nSPS) is 11.1. The molecule has 8 nitrogen and oxygen atoms in total. The van der Waals surface area contributed by atoms with Gasteiger partial charge in [0.2, 0.25) is 0 Å². The van der Waals surface area contributed by atoms with E-state index in [0.29, 0.717) is 36.0 Å². The van der Waals surface area contributed by atoms with Crippen LogP contribution >= 0.6 is 7.26 Å². The van der Waals surface area contributed by atoms with E-state index in [-0.39, 0.29) is 41.9 Å². The lowest BCUT2D eigenvalue weighted by Gasteiger charge is -2.27. The number of ether oxygens (including phenoxy) is 2. The van der Waals surface area contributed by atoms with Crippen LogP contribution in [-0.4, -0.2) is 47.2 Å². The molecule has 51 heavy (non-hydrogen) atoms. The molecule has 2 heterocycles. The largest absolute Gasteiger partial charge is 1.00 e. The van der Waals surface area contributed by atoms with E-state index in [4.69, 9.17) is 20.3 Å². The van der Waals surface area contributed by atoms with E-state index >= 15 is 0 Å². The van der Waals surface area contributed by atoms with Gasteiger partial charge < -0.3 is 39.2 Å². The highest BCUT2D eigenvalue weighted by atomic mass is 127. The summed E-state index contributed by atoms with van der Waals surface area (Å²) in [4.78, 5) is 38.6. The standard InChI is InChI=1S/C41H38N3O5P.HI/c1-29-26-36(49-28-37(45)48-2)39-38(40(46)41(42)47)34(35(44(39)43-29)27-30-16-7-3-8-17-30)24-15-25-50(31-18-9-4-10-19-31,32-20-11-5-12-21-32)33-22-13-6-14-23-33;/h3-14,16-23,26H,15,24-25,27-28H2,1-2H3,(H-,42,47);1H. The van der Waals surface area contributed by atoms with Gasteiger partial charge in [-0.05, 0) is 67.3 Å². The van der Waals surface area contributed by atoms with Crippen molar-refractivity contribution in [2.75, 3.05) is 19.9 Å². The Kier molecular flexibility index (Phi) is 12.4. The third kappa shape index (κ3) is 7.90. The summed E-state index contributed by atoms with van der Waals surface area (Å²) in [5.74, 6) is -2.25. The molecule has 10 heteroatoms. The number of nitrogens with two attached hydrogens (primary N) is 1. The first-order chi connectivity index (χ1) is 24.3. The van der Waals surface area contributed by atoms with Crippen LogP contribution in [-0.2, 0) is 27.2 Å². The minimum atomic E-state index is -2.18. The number of Topliss-reactive ketones (excluding diaryl/α,β-unsaturated/α-hetero) is 1. The van der Waals surface area contributed by atoms with Gasteiger partial charge in [0.05, 0.1) is 30.2 Å². The molecule has 0 saturated heterocycles. The summed E-state index contributed by atoms with van der Waals surface area (Å²) in [5, 5.41) is 8.60. The van der Waals surface area contributed by atoms with Crippen molar-refractivity contribution in [1.29, 1.82) is 0 Å². The van der Waals surface area contributed by atoms with Gasteiger partial charge in [0.1, 0.15) is 34.4 Å². The maximum atomic E-state index is 13.8. The lowest BCUT2D eigenvalue weighted by atomic mass is 9.97. The number of aryl methyl sites for hydroxylation is 1. The van der Waals surface area contributed by atoms with Crippen LogP contribution < -0.4 is 50.4 Å². The minimum Gasteiger partial charge on any atom is -1.00 e. The highest BCUT2D eigenvalue weighted by molar-refractivity contribution is 7.95. The summed E-state index contributed by atoms with van der Waals surface area (Å²) < 4.78 is 12.4. The van der Waals surface area contributed by atoms with Crippen LogP contribution in [0, 0.1) is 6.92 Å². The SMILES string of the molecule is COC(=O)COc1cc(C)nn2c(Cc3ccccc3)c(CCC[P+](c3ccccc3)(c3ccccc3)c3ccccc3)c(C(=O)C(N)=O)c12.[I-]. The van der Waals surface area contributed by atoms with Crippen LogP contribution in [0.25, 0.3) is 5.52 Å². The number of hydrogen-bond acceptors (Lipinski definition) is 6. The number of halogens is 1. The predicted octanol–water partition coefficient (Wildman–Crippen LogP) is 2.38. The second-order valence-electron chi connectivity index (χ2n) is 12.1. The van der Waals surface area contributed by atoms with Crippen LogP contribution in [0.15, 0.2) is 127 Å². The van der Waals surface area contributed by atoms with Crippen molar-refractivity contribution in [2.24, 2.45) is 5.73 Å². The first-order valence-corrected chi connectivity index (χ1v) is 18.5. The fourth-order valence-electron chi connectivity index (χ4n) is 6.73. The van der Waals surface area contributed by atoms with Crippen LogP contribution in [0.4, 0.5) is 0 Å². The van der Waals surface area contributed by atoms with Crippen molar-refractivity contribution in [3.63, 3.8) is 0 Å². The van der Waals surface area contributed by atoms with E-state index in [1.54, 1.807) is 10.6 Å². The number of amides is 1. The number of hydrogen-bond donors (Lipinski definition) is 1. The number of esters is 1. The maximum absolute atomic E-state index is 13.8. The first-order valence-electron chi connectivity index (χ1n) is 16.5. The molecule has 6 aromatic rings. The van der Waals surface area contributed by atoms with Gasteiger partial charge in [-0.1, -0.05) is 84.9 Å². The third-order valence-corrected chi connectivity index (χ3v) is 13.5. The molecule has 0 aliphatic carbocycles. The molecule has 6 rings (SSSR count). The van der Waals surface area contributed by atoms with E-state index < -0.39 is 24.9 Å². The summed E-state index contributed by atoms with van der Waals surface area (Å²) in [5.41, 5.74) is 9.22. The predicted molar refractivity (Wildman–Crippen MR) is 199 cm³/mol. The maximum Gasteiger partial charge on any atom is 0.343 e. The van der Waals surface area contributed by atoms with Gasteiger partial charge in [-0.3, -0.25) is 9.59 Å². The number of nitrogens with zero attached hydrogens (tertiary/aromatic N) is 2. The smallest absolute Gasteiger partial charge is 0.343 e. The van der Waals surface area contributed by atoms with Crippen LogP contribution in [0.5, 0.6) is 5.75 Å². The number of benzene rings is 4. The molecule has 2 N–H and O–H groups in total. The molecular formula is C41H39IN3O5P. The molecule has 0 bridgehead atoms. The van der Waals surface area contributed by atoms with E-state index in [1.165, 1.54) is 23.0 Å². The molecule has 0 saturated carbocycles. The van der Waals surface area contributed by atoms with Crippen LogP contribution in [0.1, 0.15) is 39.3 Å². The van der Waals surface area contributed by atoms with Gasteiger partial charge in [0, 0.05) is 12.5 Å². The van der Waals surface area contributed by atoms with Gasteiger partial charge in [-0.15, -0.1) is 0 Å².